The van der Waals surface area contributed by atoms with Crippen LogP contribution in [0.1, 0.15) is 19.8 Å². The first kappa shape index (κ1) is 15.6. The molecule has 0 radical (unpaired) electrons. The van der Waals surface area contributed by atoms with E-state index in [1.807, 2.05) is 29.3 Å². The molecule has 124 valence electrons. The van der Waals surface area contributed by atoms with Crippen molar-refractivity contribution in [3.05, 3.63) is 40.8 Å². The van der Waals surface area contributed by atoms with Gasteiger partial charge < -0.3 is 0 Å². The first-order valence-electron chi connectivity index (χ1n) is 7.73. The van der Waals surface area contributed by atoms with Crippen molar-refractivity contribution in [3.63, 3.8) is 0 Å². The Hall–Kier alpha value is -1.89. The van der Waals surface area contributed by atoms with Crippen molar-refractivity contribution >= 4 is 34.8 Å². The number of hydroxylamine groups is 1. The molecule has 1 aromatic carbocycles. The Bertz CT molecular complexity index is 897. The molecular weight excluding hydrogens is 349 g/mol. The van der Waals surface area contributed by atoms with Gasteiger partial charge in [-0.2, -0.15) is 19.6 Å². The van der Waals surface area contributed by atoms with Gasteiger partial charge in [0.05, 0.1) is 18.2 Å². The maximum atomic E-state index is 6.51. The van der Waals surface area contributed by atoms with Crippen molar-refractivity contribution in [2.45, 2.75) is 25.8 Å². The topological polar surface area (TPSA) is 55.5 Å². The molecule has 0 N–H and O–H groups in total. The number of nitrogens with zero attached hydrogens (tertiary/aromatic N) is 5. The number of fused-ring (bicyclic) bond motifs is 1. The van der Waals surface area contributed by atoms with E-state index in [1.54, 1.807) is 4.52 Å². The lowest BCUT2D eigenvalue weighted by molar-refractivity contribution is 0.0510. The molecule has 0 saturated carbocycles. The van der Waals surface area contributed by atoms with Gasteiger partial charge in [0.15, 0.2) is 5.82 Å². The lowest BCUT2D eigenvalue weighted by Gasteiger charge is -2.35. The number of rotatable bonds is 2. The molecule has 0 aliphatic carbocycles. The third kappa shape index (κ3) is 2.51. The lowest BCUT2D eigenvalue weighted by atomic mass is 10.1. The second kappa shape index (κ2) is 6.20. The minimum Gasteiger partial charge on any atom is -0.272 e. The average Bonchev–Trinajstić information content (AvgIpc) is 3.03. The van der Waals surface area contributed by atoms with Crippen LogP contribution in [0.15, 0.2) is 30.6 Å². The highest BCUT2D eigenvalue weighted by molar-refractivity contribution is 6.36. The molecule has 1 aliphatic rings. The monoisotopic (exact) mass is 363 g/mol. The van der Waals surface area contributed by atoms with Crippen LogP contribution >= 0.6 is 23.2 Å². The van der Waals surface area contributed by atoms with Gasteiger partial charge in [0.1, 0.15) is 11.5 Å². The summed E-state index contributed by atoms with van der Waals surface area (Å²) in [6.45, 7) is 2.75. The fourth-order valence-electron chi connectivity index (χ4n) is 2.96. The molecule has 0 amide bonds. The molecule has 0 spiro atoms. The highest BCUT2D eigenvalue weighted by Gasteiger charge is 2.29. The molecule has 0 bridgehead atoms. The smallest absolute Gasteiger partial charge is 0.255 e. The van der Waals surface area contributed by atoms with Crippen LogP contribution in [-0.2, 0) is 4.84 Å². The summed E-state index contributed by atoms with van der Waals surface area (Å²) in [5.41, 5.74) is 1.47. The van der Waals surface area contributed by atoms with Gasteiger partial charge in [0.2, 0.25) is 0 Å². The van der Waals surface area contributed by atoms with Gasteiger partial charge in [-0.05, 0) is 25.8 Å². The Morgan fingerprint density at radius 1 is 1.25 bits per heavy atom. The van der Waals surface area contributed by atoms with E-state index >= 15 is 0 Å². The van der Waals surface area contributed by atoms with Gasteiger partial charge in [0.25, 0.3) is 5.78 Å². The largest absolute Gasteiger partial charge is 0.272 e. The Labute approximate surface area is 148 Å². The minimum absolute atomic E-state index is 0.172. The number of aromatic nitrogens is 4. The fraction of sp³-hybridized carbons (Fsp3) is 0.312. The first-order chi connectivity index (χ1) is 11.7. The second-order valence-corrected chi connectivity index (χ2v) is 6.47. The SMILES string of the molecule is CC1CCCON1c1c(-c2ccccc2Cl)c(Cl)nc2ncnn12. The van der Waals surface area contributed by atoms with Crippen LogP contribution in [0.25, 0.3) is 16.9 Å². The third-order valence-electron chi connectivity index (χ3n) is 4.11. The summed E-state index contributed by atoms with van der Waals surface area (Å²) in [5, 5.41) is 7.06. The first-order valence-corrected chi connectivity index (χ1v) is 8.48. The normalized spacial score (nSPS) is 18.3. The van der Waals surface area contributed by atoms with Crippen LogP contribution < -0.4 is 5.06 Å². The highest BCUT2D eigenvalue weighted by Crippen LogP contribution is 2.41. The molecule has 8 heteroatoms. The number of anilines is 1. The van der Waals surface area contributed by atoms with E-state index < -0.39 is 0 Å². The van der Waals surface area contributed by atoms with E-state index in [9.17, 15) is 0 Å². The summed E-state index contributed by atoms with van der Waals surface area (Å²) in [4.78, 5) is 14.4. The van der Waals surface area contributed by atoms with Gasteiger partial charge in [-0.25, -0.2) is 5.06 Å². The molecular formula is C16H15Cl2N5O. The minimum atomic E-state index is 0.172. The van der Waals surface area contributed by atoms with E-state index in [-0.39, 0.29) is 6.04 Å². The van der Waals surface area contributed by atoms with Crippen molar-refractivity contribution in [2.75, 3.05) is 11.7 Å². The van der Waals surface area contributed by atoms with Gasteiger partial charge >= 0.3 is 0 Å². The zero-order valence-corrected chi connectivity index (χ0v) is 14.5. The van der Waals surface area contributed by atoms with Crippen LogP contribution in [0, 0.1) is 0 Å². The summed E-state index contributed by atoms with van der Waals surface area (Å²) in [6.07, 6.45) is 3.48. The van der Waals surface area contributed by atoms with Gasteiger partial charge in [-0.15, -0.1) is 0 Å². The predicted molar refractivity (Wildman–Crippen MR) is 93.4 cm³/mol. The van der Waals surface area contributed by atoms with E-state index in [2.05, 4.69) is 22.0 Å². The van der Waals surface area contributed by atoms with Crippen LogP contribution in [-0.4, -0.2) is 32.2 Å². The molecule has 3 heterocycles. The van der Waals surface area contributed by atoms with Crippen LogP contribution in [0.5, 0.6) is 0 Å². The fourth-order valence-corrected chi connectivity index (χ4v) is 3.45. The van der Waals surface area contributed by atoms with Crippen LogP contribution in [0.4, 0.5) is 5.82 Å². The second-order valence-electron chi connectivity index (χ2n) is 5.70. The van der Waals surface area contributed by atoms with Crippen molar-refractivity contribution in [2.24, 2.45) is 0 Å². The number of halogens is 2. The van der Waals surface area contributed by atoms with Crippen molar-refractivity contribution in [1.82, 2.24) is 19.6 Å². The maximum Gasteiger partial charge on any atom is 0.255 e. The van der Waals surface area contributed by atoms with Gasteiger partial charge in [0, 0.05) is 10.6 Å². The highest BCUT2D eigenvalue weighted by atomic mass is 35.5. The van der Waals surface area contributed by atoms with E-state index in [0.29, 0.717) is 33.9 Å². The summed E-state index contributed by atoms with van der Waals surface area (Å²) >= 11 is 12.9. The molecule has 3 aromatic rings. The number of benzene rings is 1. The van der Waals surface area contributed by atoms with Crippen LogP contribution in [0.2, 0.25) is 10.2 Å². The molecule has 1 unspecified atom stereocenters. The molecule has 6 nitrogen and oxygen atoms in total. The average molecular weight is 364 g/mol. The number of hydrogen-bond donors (Lipinski definition) is 0. The maximum absolute atomic E-state index is 6.51. The van der Waals surface area contributed by atoms with Gasteiger partial charge in [-0.1, -0.05) is 41.4 Å². The Morgan fingerprint density at radius 2 is 2.08 bits per heavy atom. The summed E-state index contributed by atoms with van der Waals surface area (Å²) in [5.74, 6) is 1.12. The summed E-state index contributed by atoms with van der Waals surface area (Å²) < 4.78 is 1.65. The molecule has 2 aromatic heterocycles. The van der Waals surface area contributed by atoms with Crippen molar-refractivity contribution < 1.29 is 4.84 Å². The Balaban J connectivity index is 2.03. The summed E-state index contributed by atoms with van der Waals surface area (Å²) in [7, 11) is 0. The molecule has 1 atom stereocenters. The lowest BCUT2D eigenvalue weighted by Crippen LogP contribution is -2.39. The molecule has 1 saturated heterocycles. The Kier molecular flexibility index (Phi) is 4.04. The Morgan fingerprint density at radius 3 is 2.88 bits per heavy atom. The van der Waals surface area contributed by atoms with E-state index in [0.717, 1.165) is 18.4 Å². The summed E-state index contributed by atoms with van der Waals surface area (Å²) in [6, 6.07) is 7.69. The molecule has 1 fully saturated rings. The quantitative estimate of drug-likeness (QED) is 0.643. The van der Waals surface area contributed by atoms with Crippen molar-refractivity contribution in [3.8, 4) is 11.1 Å². The zero-order chi connectivity index (χ0) is 16.7. The van der Waals surface area contributed by atoms with Gasteiger partial charge in [-0.3, -0.25) is 4.84 Å². The molecule has 1 aliphatic heterocycles. The standard InChI is InChI=1S/C16H15Cl2N5O/c1-10-5-4-8-24-23(10)15-13(11-6-2-3-7-12(11)17)14(18)21-16-19-9-20-22(15)16/h2-3,6-7,9-10H,4-5,8H2,1H3. The molecule has 24 heavy (non-hydrogen) atoms. The van der Waals surface area contributed by atoms with E-state index in [1.165, 1.54) is 6.33 Å². The molecule has 4 rings (SSSR count). The predicted octanol–water partition coefficient (Wildman–Crippen LogP) is 4.02. The zero-order valence-electron chi connectivity index (χ0n) is 13.0. The van der Waals surface area contributed by atoms with Crippen molar-refractivity contribution in [1.29, 1.82) is 0 Å². The third-order valence-corrected chi connectivity index (χ3v) is 4.71. The number of hydrogen-bond acceptors (Lipinski definition) is 5. The van der Waals surface area contributed by atoms with Crippen LogP contribution in [0.3, 0.4) is 0 Å². The van der Waals surface area contributed by atoms with E-state index in [4.69, 9.17) is 28.0 Å².